The molecule has 2 atom stereocenters. The topological polar surface area (TPSA) is 79.0 Å². The summed E-state index contributed by atoms with van der Waals surface area (Å²) < 4.78 is 30.0. The molecule has 2 heterocycles. The fourth-order valence-electron chi connectivity index (χ4n) is 4.50. The molecule has 3 amide bonds. The number of ether oxygens (including phenoxy) is 1. The molecule has 9 heteroatoms. The highest BCUT2D eigenvalue weighted by molar-refractivity contribution is 5.97. The van der Waals surface area contributed by atoms with Crippen LogP contribution in [0.1, 0.15) is 56.8 Å². The van der Waals surface area contributed by atoms with Gasteiger partial charge >= 0.3 is 6.61 Å². The van der Waals surface area contributed by atoms with E-state index >= 15 is 0 Å². The molecule has 2 fully saturated rings. The molecule has 0 spiro atoms. The summed E-state index contributed by atoms with van der Waals surface area (Å²) in [5.41, 5.74) is 0.0679. The fraction of sp³-hybridized carbons (Fsp3) is 0.640. The molecule has 0 bridgehead atoms. The second kappa shape index (κ2) is 11.6. The zero-order chi connectivity index (χ0) is 24.8. The summed E-state index contributed by atoms with van der Waals surface area (Å²) in [6.07, 6.45) is 2.57. The maximum absolute atomic E-state index is 13.2. The Balaban J connectivity index is 1.56. The number of carbonyl (C=O) groups is 3. The predicted octanol–water partition coefficient (Wildman–Crippen LogP) is 3.54. The Hall–Kier alpha value is -2.71. The number of rotatable bonds is 7. The number of likely N-dealkylation sites (tertiary alicyclic amines) is 2. The highest BCUT2D eigenvalue weighted by atomic mass is 19.3. The van der Waals surface area contributed by atoms with E-state index in [4.69, 9.17) is 0 Å². The molecule has 1 aromatic carbocycles. The molecule has 3 rings (SSSR count). The van der Waals surface area contributed by atoms with Crippen LogP contribution in [0.2, 0.25) is 0 Å². The molecular weight excluding hydrogens is 444 g/mol. The number of carbonyl (C=O) groups excluding carboxylic acids is 3. The van der Waals surface area contributed by atoms with Gasteiger partial charge in [-0.25, -0.2) is 0 Å². The lowest BCUT2D eigenvalue weighted by atomic mass is 9.91. The molecule has 34 heavy (non-hydrogen) atoms. The van der Waals surface area contributed by atoms with Gasteiger partial charge in [0.15, 0.2) is 0 Å². The number of amides is 3. The molecule has 1 N–H and O–H groups in total. The van der Waals surface area contributed by atoms with Crippen molar-refractivity contribution < 1.29 is 27.9 Å². The Morgan fingerprint density at radius 2 is 1.65 bits per heavy atom. The van der Waals surface area contributed by atoms with E-state index in [1.807, 2.05) is 6.92 Å². The number of nitrogens with zero attached hydrogens (tertiary/aromatic N) is 2. The van der Waals surface area contributed by atoms with Gasteiger partial charge in [-0.05, 0) is 50.7 Å². The van der Waals surface area contributed by atoms with Gasteiger partial charge in [0.2, 0.25) is 11.8 Å². The molecule has 0 aliphatic carbocycles. The third-order valence-corrected chi connectivity index (χ3v) is 6.94. The lowest BCUT2D eigenvalue weighted by Crippen LogP contribution is -2.50. The van der Waals surface area contributed by atoms with Gasteiger partial charge in [0.1, 0.15) is 5.75 Å². The first-order valence-corrected chi connectivity index (χ1v) is 12.1. The van der Waals surface area contributed by atoms with Gasteiger partial charge in [0.05, 0.1) is 11.5 Å². The van der Waals surface area contributed by atoms with Crippen LogP contribution < -0.4 is 10.1 Å². The van der Waals surface area contributed by atoms with Gasteiger partial charge in [0, 0.05) is 38.1 Å². The van der Waals surface area contributed by atoms with Gasteiger partial charge < -0.3 is 19.9 Å². The number of halogens is 2. The smallest absolute Gasteiger partial charge is 0.387 e. The van der Waals surface area contributed by atoms with Crippen LogP contribution in [0, 0.1) is 17.8 Å². The normalized spacial score (nSPS) is 20.4. The molecule has 2 unspecified atom stereocenters. The number of piperidine rings is 2. The minimum atomic E-state index is -3.02. The number of para-hydroxylation sites is 1. The molecule has 7 nitrogen and oxygen atoms in total. The number of benzene rings is 1. The van der Waals surface area contributed by atoms with Crippen LogP contribution in [-0.4, -0.2) is 66.4 Å². The number of hydrogen-bond acceptors (Lipinski definition) is 4. The van der Waals surface area contributed by atoms with Crippen molar-refractivity contribution in [3.63, 3.8) is 0 Å². The van der Waals surface area contributed by atoms with Gasteiger partial charge in [-0.2, -0.15) is 8.78 Å². The molecule has 2 aliphatic heterocycles. The summed E-state index contributed by atoms with van der Waals surface area (Å²) in [5, 5.41) is 3.06. The summed E-state index contributed by atoms with van der Waals surface area (Å²) in [6.45, 7) is 4.84. The van der Waals surface area contributed by atoms with Crippen molar-refractivity contribution in [2.24, 2.45) is 17.8 Å². The van der Waals surface area contributed by atoms with E-state index in [-0.39, 0.29) is 47.5 Å². The van der Waals surface area contributed by atoms with E-state index in [1.165, 1.54) is 18.2 Å². The summed E-state index contributed by atoms with van der Waals surface area (Å²) in [4.78, 5) is 42.1. The maximum atomic E-state index is 13.2. The zero-order valence-electron chi connectivity index (χ0n) is 20.1. The quantitative estimate of drug-likeness (QED) is 0.649. The molecular formula is C25H35F2N3O4. The van der Waals surface area contributed by atoms with Crippen LogP contribution in [-0.2, 0) is 9.59 Å². The number of nitrogens with one attached hydrogen (secondary N) is 1. The minimum absolute atomic E-state index is 0.0102. The van der Waals surface area contributed by atoms with Crippen molar-refractivity contribution in [3.05, 3.63) is 29.8 Å². The molecule has 188 valence electrons. The van der Waals surface area contributed by atoms with Crippen molar-refractivity contribution in [2.75, 3.05) is 26.2 Å². The van der Waals surface area contributed by atoms with Gasteiger partial charge in [-0.15, -0.1) is 0 Å². The standard InChI is InChI=1S/C25H35F2N3O4/c1-16(2)17(3)28-22(31)18-10-13-29(14-11-18)23(32)19-7-6-12-30(15-19)24(33)20-8-4-5-9-21(20)34-25(26)27/h4-5,8-9,16-19,25H,6-7,10-15H2,1-3H3,(H,28,31). The lowest BCUT2D eigenvalue weighted by Gasteiger charge is -2.38. The fourth-order valence-corrected chi connectivity index (χ4v) is 4.50. The summed E-state index contributed by atoms with van der Waals surface area (Å²) in [6, 6.07) is 6.04. The van der Waals surface area contributed by atoms with Crippen LogP contribution >= 0.6 is 0 Å². The third-order valence-electron chi connectivity index (χ3n) is 6.94. The summed E-state index contributed by atoms with van der Waals surface area (Å²) in [5.74, 6) is -0.618. The molecule has 0 radical (unpaired) electrons. The summed E-state index contributed by atoms with van der Waals surface area (Å²) in [7, 11) is 0. The second-order valence-corrected chi connectivity index (χ2v) is 9.61. The van der Waals surface area contributed by atoms with Crippen LogP contribution in [0.15, 0.2) is 24.3 Å². The molecule has 0 aromatic heterocycles. The largest absolute Gasteiger partial charge is 0.434 e. The molecule has 2 aliphatic rings. The molecule has 1 aromatic rings. The third kappa shape index (κ3) is 6.45. The van der Waals surface area contributed by atoms with E-state index in [0.29, 0.717) is 51.2 Å². The van der Waals surface area contributed by atoms with E-state index in [0.717, 1.165) is 0 Å². The first-order valence-electron chi connectivity index (χ1n) is 12.1. The van der Waals surface area contributed by atoms with Crippen LogP contribution in [0.25, 0.3) is 0 Å². The highest BCUT2D eigenvalue weighted by Crippen LogP contribution is 2.27. The van der Waals surface area contributed by atoms with E-state index in [2.05, 4.69) is 23.9 Å². The van der Waals surface area contributed by atoms with Gasteiger partial charge in [-0.3, -0.25) is 14.4 Å². The first-order chi connectivity index (χ1) is 16.2. The maximum Gasteiger partial charge on any atom is 0.387 e. The van der Waals surface area contributed by atoms with Crippen molar-refractivity contribution >= 4 is 17.7 Å². The van der Waals surface area contributed by atoms with E-state index in [1.54, 1.807) is 15.9 Å². The van der Waals surface area contributed by atoms with Crippen molar-refractivity contribution in [3.8, 4) is 5.75 Å². The number of alkyl halides is 2. The van der Waals surface area contributed by atoms with Crippen LogP contribution in [0.4, 0.5) is 8.78 Å². The minimum Gasteiger partial charge on any atom is -0.434 e. The summed E-state index contributed by atoms with van der Waals surface area (Å²) >= 11 is 0. The first kappa shape index (κ1) is 25.9. The van der Waals surface area contributed by atoms with Crippen molar-refractivity contribution in [1.29, 1.82) is 0 Å². The van der Waals surface area contributed by atoms with Gasteiger partial charge in [0.25, 0.3) is 5.91 Å². The van der Waals surface area contributed by atoms with Crippen molar-refractivity contribution in [2.45, 2.75) is 59.1 Å². The number of hydrogen-bond donors (Lipinski definition) is 1. The zero-order valence-corrected chi connectivity index (χ0v) is 20.1. The SMILES string of the molecule is CC(C)C(C)NC(=O)C1CCN(C(=O)C2CCCN(C(=O)c3ccccc3OC(F)F)C2)CC1. The Labute approximate surface area is 199 Å². The Morgan fingerprint density at radius 3 is 2.29 bits per heavy atom. The predicted molar refractivity (Wildman–Crippen MR) is 123 cm³/mol. The van der Waals surface area contributed by atoms with E-state index < -0.39 is 12.5 Å². The van der Waals surface area contributed by atoms with Crippen molar-refractivity contribution in [1.82, 2.24) is 15.1 Å². The average Bonchev–Trinajstić information content (AvgIpc) is 2.83. The molecule has 2 saturated heterocycles. The Bertz CT molecular complexity index is 871. The Kier molecular flexibility index (Phi) is 8.85. The van der Waals surface area contributed by atoms with Crippen LogP contribution in [0.5, 0.6) is 5.75 Å². The average molecular weight is 480 g/mol. The van der Waals surface area contributed by atoms with Gasteiger partial charge in [-0.1, -0.05) is 26.0 Å². The second-order valence-electron chi connectivity index (χ2n) is 9.61. The Morgan fingerprint density at radius 1 is 0.971 bits per heavy atom. The van der Waals surface area contributed by atoms with E-state index in [9.17, 15) is 23.2 Å². The highest BCUT2D eigenvalue weighted by Gasteiger charge is 2.35. The monoisotopic (exact) mass is 479 g/mol. The van der Waals surface area contributed by atoms with Crippen LogP contribution in [0.3, 0.4) is 0 Å². The lowest BCUT2D eigenvalue weighted by molar-refractivity contribution is -0.140. The molecule has 0 saturated carbocycles.